The molecule has 2 atom stereocenters. The van der Waals surface area contributed by atoms with Crippen molar-refractivity contribution in [3.05, 3.63) is 57.4 Å². The van der Waals surface area contributed by atoms with Crippen molar-refractivity contribution in [2.75, 3.05) is 0 Å². The minimum absolute atomic E-state index is 0.0996. The number of nitrogens with zero attached hydrogens (tertiary/aromatic N) is 1. The fraction of sp³-hybridized carbons (Fsp3) is 0.520. The number of hydrogen-bond donors (Lipinski definition) is 2. The third-order valence-electron chi connectivity index (χ3n) is 6.90. The highest BCUT2D eigenvalue weighted by Gasteiger charge is 2.47. The molecule has 8 nitrogen and oxygen atoms in total. The molecule has 0 radical (unpaired) electrons. The Labute approximate surface area is 192 Å². The normalized spacial score (nSPS) is 25.3. The second-order valence-electron chi connectivity index (χ2n) is 10.1. The number of nitrogens with one attached hydrogen (secondary N) is 1. The van der Waals surface area contributed by atoms with Gasteiger partial charge in [-0.05, 0) is 49.1 Å². The van der Waals surface area contributed by atoms with Crippen LogP contribution in [-0.4, -0.2) is 27.9 Å². The number of ketones is 1. The SMILES string of the molecule is C=C1NC2=C(C(=O)CC(C)(C)C2)C(c2ccc(O)c([N+](=O)[O-])c2)C1C(=O)OC1CCCCC1. The molecule has 1 aromatic rings. The fourth-order valence-corrected chi connectivity index (χ4v) is 5.38. The zero-order valence-electron chi connectivity index (χ0n) is 19.1. The number of carbonyl (C=O) groups excluding carboxylic acids is 2. The van der Waals surface area contributed by atoms with Crippen molar-refractivity contribution in [3.8, 4) is 5.75 Å². The number of phenols is 1. The van der Waals surface area contributed by atoms with Gasteiger partial charge in [0.1, 0.15) is 12.0 Å². The van der Waals surface area contributed by atoms with E-state index in [-0.39, 0.29) is 17.3 Å². The average molecular weight is 455 g/mol. The first-order chi connectivity index (χ1) is 15.6. The quantitative estimate of drug-likeness (QED) is 0.386. The Kier molecular flexibility index (Phi) is 6.03. The van der Waals surface area contributed by atoms with E-state index in [2.05, 4.69) is 11.9 Å². The van der Waals surface area contributed by atoms with E-state index >= 15 is 0 Å². The van der Waals surface area contributed by atoms with Gasteiger partial charge in [0.05, 0.1) is 4.92 Å². The Balaban J connectivity index is 1.80. The highest BCUT2D eigenvalue weighted by atomic mass is 16.6. The van der Waals surface area contributed by atoms with Crippen LogP contribution in [0.4, 0.5) is 5.69 Å². The van der Waals surface area contributed by atoms with Gasteiger partial charge >= 0.3 is 11.7 Å². The molecule has 0 aromatic heterocycles. The molecule has 1 fully saturated rings. The van der Waals surface area contributed by atoms with Crippen LogP contribution in [0.5, 0.6) is 5.75 Å². The largest absolute Gasteiger partial charge is 0.502 e. The molecule has 1 heterocycles. The van der Waals surface area contributed by atoms with E-state index in [4.69, 9.17) is 4.74 Å². The molecule has 2 unspecified atom stereocenters. The van der Waals surface area contributed by atoms with Gasteiger partial charge in [-0.1, -0.05) is 32.9 Å². The number of carbonyl (C=O) groups is 2. The average Bonchev–Trinajstić information content (AvgIpc) is 2.72. The highest BCUT2D eigenvalue weighted by Crippen LogP contribution is 2.49. The van der Waals surface area contributed by atoms with E-state index < -0.39 is 34.2 Å². The summed E-state index contributed by atoms with van der Waals surface area (Å²) in [5.74, 6) is -2.72. The monoisotopic (exact) mass is 454 g/mol. The summed E-state index contributed by atoms with van der Waals surface area (Å²) in [5, 5.41) is 24.6. The molecule has 176 valence electrons. The molecule has 1 aliphatic heterocycles. The van der Waals surface area contributed by atoms with Gasteiger partial charge in [0, 0.05) is 35.4 Å². The lowest BCUT2D eigenvalue weighted by atomic mass is 9.66. The molecule has 1 saturated carbocycles. The minimum atomic E-state index is -0.903. The number of esters is 1. The summed E-state index contributed by atoms with van der Waals surface area (Å²) >= 11 is 0. The van der Waals surface area contributed by atoms with E-state index in [0.29, 0.717) is 35.4 Å². The van der Waals surface area contributed by atoms with E-state index in [1.807, 2.05) is 13.8 Å². The first-order valence-corrected chi connectivity index (χ1v) is 11.5. The molecule has 8 heteroatoms. The lowest BCUT2D eigenvalue weighted by molar-refractivity contribution is -0.385. The van der Waals surface area contributed by atoms with Gasteiger partial charge in [-0.2, -0.15) is 0 Å². The Morgan fingerprint density at radius 3 is 2.61 bits per heavy atom. The van der Waals surface area contributed by atoms with Crippen LogP contribution in [0.15, 0.2) is 41.7 Å². The molecule has 2 aliphatic carbocycles. The van der Waals surface area contributed by atoms with E-state index in [1.165, 1.54) is 18.2 Å². The number of ether oxygens (including phenoxy) is 1. The molecule has 4 rings (SSSR count). The topological polar surface area (TPSA) is 119 Å². The molecule has 0 spiro atoms. The summed E-state index contributed by atoms with van der Waals surface area (Å²) in [4.78, 5) is 37.5. The summed E-state index contributed by atoms with van der Waals surface area (Å²) in [5.41, 5.74) is 1.25. The Morgan fingerprint density at radius 2 is 1.94 bits per heavy atom. The molecule has 2 N–H and O–H groups in total. The lowest BCUT2D eigenvalue weighted by Crippen LogP contribution is -2.44. The number of rotatable bonds is 4. The van der Waals surface area contributed by atoms with Crippen molar-refractivity contribution in [1.29, 1.82) is 0 Å². The van der Waals surface area contributed by atoms with Crippen LogP contribution in [0.25, 0.3) is 0 Å². The first-order valence-electron chi connectivity index (χ1n) is 11.5. The van der Waals surface area contributed by atoms with Crippen molar-refractivity contribution in [3.63, 3.8) is 0 Å². The van der Waals surface area contributed by atoms with Gasteiger partial charge in [-0.3, -0.25) is 19.7 Å². The van der Waals surface area contributed by atoms with Crippen molar-refractivity contribution in [1.82, 2.24) is 5.32 Å². The molecule has 0 amide bonds. The van der Waals surface area contributed by atoms with E-state index in [1.54, 1.807) is 0 Å². The summed E-state index contributed by atoms with van der Waals surface area (Å²) < 4.78 is 5.85. The number of allylic oxidation sites excluding steroid dienone is 2. The minimum Gasteiger partial charge on any atom is -0.502 e. The van der Waals surface area contributed by atoms with E-state index in [0.717, 1.165) is 32.1 Å². The van der Waals surface area contributed by atoms with Gasteiger partial charge in [-0.15, -0.1) is 0 Å². The van der Waals surface area contributed by atoms with Crippen molar-refractivity contribution >= 4 is 17.4 Å². The standard InChI is InChI=1S/C25H30N2O6/c1-14-21(24(30)33-16-7-5-4-6-8-16)22(15-9-10-19(28)18(11-15)27(31)32)23-17(26-14)12-25(2,3)13-20(23)29/h9-11,16,21-22,26,28H,1,4-8,12-13H2,2-3H3. The van der Waals surface area contributed by atoms with Crippen LogP contribution >= 0.6 is 0 Å². The third kappa shape index (κ3) is 4.51. The smallest absolute Gasteiger partial charge is 0.316 e. The number of aromatic hydroxyl groups is 1. The first kappa shape index (κ1) is 23.0. The predicted molar refractivity (Wildman–Crippen MR) is 121 cm³/mol. The van der Waals surface area contributed by atoms with E-state index in [9.17, 15) is 24.8 Å². The highest BCUT2D eigenvalue weighted by molar-refractivity contribution is 6.01. The Hall–Kier alpha value is -3.16. The lowest BCUT2D eigenvalue weighted by Gasteiger charge is -2.42. The molecular weight excluding hydrogens is 424 g/mol. The van der Waals surface area contributed by atoms with Gasteiger partial charge in [0.2, 0.25) is 0 Å². The summed E-state index contributed by atoms with van der Waals surface area (Å²) in [6.45, 7) is 8.09. The molecule has 1 aromatic carbocycles. The van der Waals surface area contributed by atoms with Gasteiger partial charge in [0.15, 0.2) is 11.5 Å². The van der Waals surface area contributed by atoms with Crippen LogP contribution in [-0.2, 0) is 14.3 Å². The zero-order valence-corrected chi connectivity index (χ0v) is 19.1. The second kappa shape index (κ2) is 8.65. The van der Waals surface area contributed by atoms with Crippen LogP contribution in [0.2, 0.25) is 0 Å². The van der Waals surface area contributed by atoms with Crippen molar-refractivity contribution in [2.45, 2.75) is 70.8 Å². The predicted octanol–water partition coefficient (Wildman–Crippen LogP) is 4.64. The van der Waals surface area contributed by atoms with Crippen molar-refractivity contribution < 1.29 is 24.4 Å². The van der Waals surface area contributed by atoms with Gasteiger partial charge < -0.3 is 15.2 Å². The molecule has 3 aliphatic rings. The van der Waals surface area contributed by atoms with Crippen LogP contribution in [0.3, 0.4) is 0 Å². The zero-order chi connectivity index (χ0) is 23.9. The molecule has 33 heavy (non-hydrogen) atoms. The van der Waals surface area contributed by atoms with Crippen LogP contribution in [0.1, 0.15) is 70.3 Å². The van der Waals surface area contributed by atoms with Crippen LogP contribution < -0.4 is 5.32 Å². The fourth-order valence-electron chi connectivity index (χ4n) is 5.38. The Morgan fingerprint density at radius 1 is 1.24 bits per heavy atom. The van der Waals surface area contributed by atoms with Crippen molar-refractivity contribution in [2.24, 2.45) is 11.3 Å². The number of Topliss-reactive ketones (excluding diaryl/α,β-unsaturated/α-hetero) is 1. The second-order valence-corrected chi connectivity index (χ2v) is 10.1. The summed E-state index contributed by atoms with van der Waals surface area (Å²) in [6, 6.07) is 4.01. The molecule has 0 bridgehead atoms. The molecule has 0 saturated heterocycles. The summed E-state index contributed by atoms with van der Waals surface area (Å²) in [7, 11) is 0. The summed E-state index contributed by atoms with van der Waals surface area (Å²) in [6.07, 6.45) is 5.44. The third-order valence-corrected chi connectivity index (χ3v) is 6.90. The van der Waals surface area contributed by atoms with Crippen LogP contribution in [0, 0.1) is 21.4 Å². The van der Waals surface area contributed by atoms with Gasteiger partial charge in [0.25, 0.3) is 0 Å². The maximum atomic E-state index is 13.4. The molecular formula is C25H30N2O6. The number of nitro benzene ring substituents is 1. The maximum absolute atomic E-state index is 13.4. The number of phenolic OH excluding ortho intramolecular Hbond substituents is 1. The Bertz CT molecular complexity index is 1050. The number of benzene rings is 1. The number of hydrogen-bond acceptors (Lipinski definition) is 7. The maximum Gasteiger partial charge on any atom is 0.316 e. The number of nitro groups is 1. The van der Waals surface area contributed by atoms with Gasteiger partial charge in [-0.25, -0.2) is 0 Å².